The molecule has 0 aliphatic heterocycles. The maximum absolute atomic E-state index is 9.35. The number of aliphatic hydroxyl groups is 2. The third-order valence-electron chi connectivity index (χ3n) is 2.99. The molecule has 0 aromatic heterocycles. The lowest BCUT2D eigenvalue weighted by molar-refractivity contribution is 0.0721. The summed E-state index contributed by atoms with van der Waals surface area (Å²) in [6.07, 6.45) is 12.4. The molecular weight excluding hydrogens is 272 g/mol. The molecule has 0 aromatic carbocycles. The molecule has 0 saturated carbocycles. The first kappa shape index (κ1) is 23.2. The largest absolute Gasteiger partial charge is 0.390 e. The van der Waals surface area contributed by atoms with E-state index in [9.17, 15) is 10.2 Å². The van der Waals surface area contributed by atoms with Crippen LogP contribution in [0.1, 0.15) is 67.7 Å². The molecule has 2 N–H and O–H groups in total. The zero-order valence-corrected chi connectivity index (χ0v) is 15.6. The Hall–Kier alpha value is -1.12. The third-order valence-corrected chi connectivity index (χ3v) is 2.99. The average Bonchev–Trinajstić information content (AvgIpc) is 2.36. The fraction of sp³-hybridized carbons (Fsp3) is 0.600. The fourth-order valence-electron chi connectivity index (χ4n) is 1.30. The Morgan fingerprint density at radius 3 is 2.00 bits per heavy atom. The highest BCUT2D eigenvalue weighted by molar-refractivity contribution is 5.13. The summed E-state index contributed by atoms with van der Waals surface area (Å²) in [7, 11) is 0. The number of rotatable bonds is 7. The summed E-state index contributed by atoms with van der Waals surface area (Å²) in [4.78, 5) is 0. The average molecular weight is 309 g/mol. The molecule has 0 saturated heterocycles. The Labute approximate surface area is 138 Å². The second kappa shape index (κ2) is 11.4. The van der Waals surface area contributed by atoms with Crippen LogP contribution in [0.25, 0.3) is 0 Å². The summed E-state index contributed by atoms with van der Waals surface area (Å²) in [5.74, 6) is 0. The number of hydrogen-bond donors (Lipinski definition) is 2. The van der Waals surface area contributed by atoms with E-state index in [2.05, 4.69) is 26.5 Å². The topological polar surface area (TPSA) is 40.5 Å². The minimum atomic E-state index is -0.690. The van der Waals surface area contributed by atoms with E-state index in [1.807, 2.05) is 39.0 Å². The highest BCUT2D eigenvalue weighted by atomic mass is 16.3. The Kier molecular flexibility index (Phi) is 12.0. The summed E-state index contributed by atoms with van der Waals surface area (Å²) in [6.45, 7) is 17.0. The maximum atomic E-state index is 9.35. The molecule has 0 unspecified atom stereocenters. The van der Waals surface area contributed by atoms with Crippen LogP contribution in [-0.4, -0.2) is 21.4 Å². The van der Waals surface area contributed by atoms with Gasteiger partial charge < -0.3 is 10.2 Å². The third kappa shape index (κ3) is 21.2. The van der Waals surface area contributed by atoms with Crippen molar-refractivity contribution in [3.8, 4) is 0 Å². The van der Waals surface area contributed by atoms with Crippen LogP contribution in [0.15, 0.2) is 48.1 Å². The molecule has 0 fully saturated rings. The quantitative estimate of drug-likeness (QED) is 0.623. The molecule has 2 nitrogen and oxygen atoms in total. The second-order valence-corrected chi connectivity index (χ2v) is 6.88. The van der Waals surface area contributed by atoms with E-state index in [0.717, 1.165) is 19.3 Å². The van der Waals surface area contributed by atoms with Crippen molar-refractivity contribution in [2.75, 3.05) is 0 Å². The van der Waals surface area contributed by atoms with Crippen LogP contribution >= 0.6 is 0 Å². The smallest absolute Gasteiger partial charge is 0.0774 e. The highest BCUT2D eigenvalue weighted by Crippen LogP contribution is 2.11. The van der Waals surface area contributed by atoms with Crippen LogP contribution in [0.4, 0.5) is 0 Å². The number of hydrogen-bond acceptors (Lipinski definition) is 2. The summed E-state index contributed by atoms with van der Waals surface area (Å²) in [5.41, 5.74) is 1.27. The van der Waals surface area contributed by atoms with Crippen molar-refractivity contribution in [1.29, 1.82) is 0 Å². The maximum Gasteiger partial charge on any atom is 0.0774 e. The van der Waals surface area contributed by atoms with E-state index in [1.54, 1.807) is 19.9 Å². The van der Waals surface area contributed by atoms with E-state index in [4.69, 9.17) is 0 Å². The molecule has 0 aromatic rings. The van der Waals surface area contributed by atoms with Gasteiger partial charge in [-0.3, -0.25) is 0 Å². The van der Waals surface area contributed by atoms with Gasteiger partial charge in [0.15, 0.2) is 0 Å². The van der Waals surface area contributed by atoms with Crippen molar-refractivity contribution >= 4 is 0 Å². The molecule has 0 atom stereocenters. The zero-order valence-electron chi connectivity index (χ0n) is 15.6. The van der Waals surface area contributed by atoms with Crippen molar-refractivity contribution in [1.82, 2.24) is 0 Å². The predicted octanol–water partition coefficient (Wildman–Crippen LogP) is 5.34. The van der Waals surface area contributed by atoms with Crippen molar-refractivity contribution < 1.29 is 10.2 Å². The van der Waals surface area contributed by atoms with Crippen molar-refractivity contribution in [3.05, 3.63) is 48.1 Å². The first-order valence-electron chi connectivity index (χ1n) is 8.00. The Balaban J connectivity index is 0. The predicted molar refractivity (Wildman–Crippen MR) is 99.0 cm³/mol. The van der Waals surface area contributed by atoms with Gasteiger partial charge in [-0.25, -0.2) is 0 Å². The molecule has 0 rings (SSSR count). The van der Waals surface area contributed by atoms with E-state index >= 15 is 0 Å². The Bertz CT molecular complexity index is 385. The van der Waals surface area contributed by atoms with Gasteiger partial charge in [-0.1, -0.05) is 55.0 Å². The monoisotopic (exact) mass is 308 g/mol. The first-order valence-corrected chi connectivity index (χ1v) is 8.00. The van der Waals surface area contributed by atoms with E-state index in [-0.39, 0.29) is 0 Å². The van der Waals surface area contributed by atoms with Gasteiger partial charge in [0.05, 0.1) is 11.2 Å². The van der Waals surface area contributed by atoms with Crippen LogP contribution in [-0.2, 0) is 0 Å². The summed E-state index contributed by atoms with van der Waals surface area (Å²) in [6, 6.07) is 0. The molecule has 0 amide bonds. The molecule has 0 radical (unpaired) electrons. The van der Waals surface area contributed by atoms with Gasteiger partial charge in [-0.2, -0.15) is 0 Å². The lowest BCUT2D eigenvalue weighted by Gasteiger charge is -2.14. The van der Waals surface area contributed by atoms with Gasteiger partial charge in [0.2, 0.25) is 0 Å². The molecule has 0 aliphatic carbocycles. The van der Waals surface area contributed by atoms with E-state index < -0.39 is 11.2 Å². The molecule has 2 heteroatoms. The zero-order chi connectivity index (χ0) is 17.8. The van der Waals surface area contributed by atoms with Gasteiger partial charge in [0.1, 0.15) is 0 Å². The lowest BCUT2D eigenvalue weighted by atomic mass is 10.0. The van der Waals surface area contributed by atoms with Crippen molar-refractivity contribution in [2.24, 2.45) is 0 Å². The minimum absolute atomic E-state index is 0.544. The van der Waals surface area contributed by atoms with Crippen LogP contribution in [0.2, 0.25) is 0 Å². The Morgan fingerprint density at radius 2 is 1.64 bits per heavy atom. The second-order valence-electron chi connectivity index (χ2n) is 6.88. The van der Waals surface area contributed by atoms with Crippen LogP contribution in [0.5, 0.6) is 0 Å². The molecule has 0 spiro atoms. The molecule has 0 bridgehead atoms. The normalized spacial score (nSPS) is 13.9. The molecule has 22 heavy (non-hydrogen) atoms. The van der Waals surface area contributed by atoms with Gasteiger partial charge in [0.25, 0.3) is 0 Å². The van der Waals surface area contributed by atoms with Crippen LogP contribution in [0.3, 0.4) is 0 Å². The SMILES string of the molecule is C=CC(C)=CCCC(C)(C)O.CCC(C)=CC=CC(C)(C)O. The van der Waals surface area contributed by atoms with Crippen LogP contribution in [0, 0.1) is 0 Å². The summed E-state index contributed by atoms with van der Waals surface area (Å²) >= 11 is 0. The summed E-state index contributed by atoms with van der Waals surface area (Å²) in [5, 5.41) is 18.6. The van der Waals surface area contributed by atoms with Crippen molar-refractivity contribution in [3.63, 3.8) is 0 Å². The fourth-order valence-corrected chi connectivity index (χ4v) is 1.30. The molecule has 128 valence electrons. The van der Waals surface area contributed by atoms with Crippen molar-refractivity contribution in [2.45, 2.75) is 78.9 Å². The highest BCUT2D eigenvalue weighted by Gasteiger charge is 2.09. The molecular formula is C20H36O2. The molecule has 0 aliphatic rings. The van der Waals surface area contributed by atoms with Gasteiger partial charge in [-0.05, 0) is 60.8 Å². The van der Waals surface area contributed by atoms with Crippen LogP contribution < -0.4 is 0 Å². The van der Waals surface area contributed by atoms with Gasteiger partial charge in [0, 0.05) is 0 Å². The first-order chi connectivity index (χ1) is 9.91. The Morgan fingerprint density at radius 1 is 1.09 bits per heavy atom. The number of allylic oxidation sites excluding steroid dienone is 6. The van der Waals surface area contributed by atoms with E-state index in [1.165, 1.54) is 11.1 Å². The van der Waals surface area contributed by atoms with Gasteiger partial charge >= 0.3 is 0 Å². The summed E-state index contributed by atoms with van der Waals surface area (Å²) < 4.78 is 0. The molecule has 0 heterocycles. The van der Waals surface area contributed by atoms with E-state index in [0.29, 0.717) is 0 Å². The lowest BCUT2D eigenvalue weighted by Crippen LogP contribution is -2.17. The standard InChI is InChI=1S/2C10H18O/c2*1-5-9(2)7-6-8-10(3,4)11/h6-8,11H,5H2,1-4H3;5,7,11H,1,6,8H2,2-4H3. The minimum Gasteiger partial charge on any atom is -0.390 e. The van der Waals surface area contributed by atoms with Gasteiger partial charge in [-0.15, -0.1) is 0 Å².